The minimum absolute atomic E-state index is 0.438. The lowest BCUT2D eigenvalue weighted by Crippen LogP contribution is -2.49. The number of aliphatic imine (C=N–C) groups is 1. The number of ether oxygens (including phenoxy) is 2. The molecule has 1 aliphatic rings. The van der Waals surface area contributed by atoms with Gasteiger partial charge in [0.05, 0.1) is 48.5 Å². The van der Waals surface area contributed by atoms with E-state index >= 15 is 0 Å². The van der Waals surface area contributed by atoms with E-state index in [1.165, 1.54) is 0 Å². The lowest BCUT2D eigenvalue weighted by molar-refractivity contribution is -0.223. The van der Waals surface area contributed by atoms with E-state index in [1.807, 2.05) is 43.1 Å². The van der Waals surface area contributed by atoms with Crippen molar-refractivity contribution in [2.75, 3.05) is 26.8 Å². The van der Waals surface area contributed by atoms with E-state index in [0.717, 1.165) is 28.9 Å². The first kappa shape index (κ1) is 20.3. The summed E-state index contributed by atoms with van der Waals surface area (Å²) in [4.78, 5) is 6.47. The predicted molar refractivity (Wildman–Crippen MR) is 111 cm³/mol. The summed E-state index contributed by atoms with van der Waals surface area (Å²) in [5.41, 5.74) is 3.98. The summed E-state index contributed by atoms with van der Waals surface area (Å²) in [6, 6.07) is 13.5. The standard InChI is InChI=1S/C22H24ClN3O2/c1-4-26(3)15-25-21-9-16(2)19(10-20(21)23)22(13-27-14-22)28-12-18-7-5-17(11-24)6-8-18/h5-10,15H,4,12-14H2,1-3H3. The van der Waals surface area contributed by atoms with Crippen LogP contribution in [0.3, 0.4) is 0 Å². The third-order valence-corrected chi connectivity index (χ3v) is 5.25. The Morgan fingerprint density at radius 3 is 2.61 bits per heavy atom. The molecule has 0 aromatic heterocycles. The average Bonchev–Trinajstić information content (AvgIpc) is 2.68. The van der Waals surface area contributed by atoms with Crippen molar-refractivity contribution in [3.05, 3.63) is 63.7 Å². The second-order valence-corrected chi connectivity index (χ2v) is 7.43. The van der Waals surface area contributed by atoms with E-state index in [-0.39, 0.29) is 0 Å². The van der Waals surface area contributed by atoms with Gasteiger partial charge >= 0.3 is 0 Å². The van der Waals surface area contributed by atoms with E-state index in [0.29, 0.717) is 30.4 Å². The molecule has 1 heterocycles. The molecule has 2 aromatic carbocycles. The molecule has 28 heavy (non-hydrogen) atoms. The van der Waals surface area contributed by atoms with E-state index in [2.05, 4.69) is 18.0 Å². The number of nitriles is 1. The van der Waals surface area contributed by atoms with Gasteiger partial charge < -0.3 is 14.4 Å². The summed E-state index contributed by atoms with van der Waals surface area (Å²) in [7, 11) is 1.97. The Bertz CT molecular complexity index is 899. The fraction of sp³-hybridized carbons (Fsp3) is 0.364. The fourth-order valence-electron chi connectivity index (χ4n) is 3.00. The van der Waals surface area contributed by atoms with Crippen LogP contribution >= 0.6 is 11.6 Å². The smallest absolute Gasteiger partial charge is 0.140 e. The highest BCUT2D eigenvalue weighted by atomic mass is 35.5. The summed E-state index contributed by atoms with van der Waals surface area (Å²) in [6.07, 6.45) is 1.78. The van der Waals surface area contributed by atoms with Gasteiger partial charge in [-0.2, -0.15) is 5.26 Å². The van der Waals surface area contributed by atoms with Crippen LogP contribution in [-0.4, -0.2) is 38.0 Å². The molecule has 3 rings (SSSR count). The van der Waals surface area contributed by atoms with Crippen LogP contribution in [0.4, 0.5) is 5.69 Å². The highest BCUT2D eigenvalue weighted by Crippen LogP contribution is 2.40. The minimum Gasteiger partial charge on any atom is -0.375 e. The molecule has 0 amide bonds. The highest BCUT2D eigenvalue weighted by Gasteiger charge is 2.43. The highest BCUT2D eigenvalue weighted by molar-refractivity contribution is 6.33. The SMILES string of the molecule is CCN(C)C=Nc1cc(C)c(C2(OCc3ccc(C#N)cc3)COC2)cc1Cl. The van der Waals surface area contributed by atoms with Crippen LogP contribution in [0.15, 0.2) is 41.4 Å². The molecule has 0 N–H and O–H groups in total. The monoisotopic (exact) mass is 397 g/mol. The zero-order valence-corrected chi connectivity index (χ0v) is 17.2. The van der Waals surface area contributed by atoms with Crippen molar-refractivity contribution in [1.82, 2.24) is 4.90 Å². The van der Waals surface area contributed by atoms with Crippen molar-refractivity contribution in [3.63, 3.8) is 0 Å². The number of hydrogen-bond acceptors (Lipinski definition) is 4. The van der Waals surface area contributed by atoms with Gasteiger partial charge in [-0.1, -0.05) is 23.7 Å². The number of halogens is 1. The molecule has 0 saturated carbocycles. The zero-order chi connectivity index (χ0) is 20.1. The Labute approximate surface area is 171 Å². The molecule has 0 bridgehead atoms. The number of rotatable bonds is 7. The molecule has 0 spiro atoms. The quantitative estimate of drug-likeness (QED) is 0.507. The fourth-order valence-corrected chi connectivity index (χ4v) is 3.21. The summed E-state index contributed by atoms with van der Waals surface area (Å²) < 4.78 is 11.8. The second kappa shape index (κ2) is 8.74. The van der Waals surface area contributed by atoms with Crippen LogP contribution in [0.1, 0.15) is 29.2 Å². The molecule has 1 aliphatic heterocycles. The van der Waals surface area contributed by atoms with Gasteiger partial charge in [-0.05, 0) is 54.8 Å². The molecular weight excluding hydrogens is 374 g/mol. The number of hydrogen-bond donors (Lipinski definition) is 0. The Kier molecular flexibility index (Phi) is 6.35. The van der Waals surface area contributed by atoms with E-state index in [1.54, 1.807) is 18.5 Å². The predicted octanol–water partition coefficient (Wildman–Crippen LogP) is 4.57. The average molecular weight is 398 g/mol. The first-order valence-electron chi connectivity index (χ1n) is 9.23. The molecule has 5 nitrogen and oxygen atoms in total. The van der Waals surface area contributed by atoms with Gasteiger partial charge in [0.1, 0.15) is 5.60 Å². The third kappa shape index (κ3) is 4.36. The Morgan fingerprint density at radius 2 is 2.04 bits per heavy atom. The molecule has 0 radical (unpaired) electrons. The van der Waals surface area contributed by atoms with Crippen molar-refractivity contribution in [2.24, 2.45) is 4.99 Å². The van der Waals surface area contributed by atoms with Crippen LogP contribution in [-0.2, 0) is 21.7 Å². The van der Waals surface area contributed by atoms with Gasteiger partial charge in [0.25, 0.3) is 0 Å². The zero-order valence-electron chi connectivity index (χ0n) is 16.4. The molecule has 146 valence electrons. The van der Waals surface area contributed by atoms with Crippen LogP contribution in [0.25, 0.3) is 0 Å². The molecule has 0 atom stereocenters. The van der Waals surface area contributed by atoms with Crippen LogP contribution in [0, 0.1) is 18.3 Å². The second-order valence-electron chi connectivity index (χ2n) is 7.02. The van der Waals surface area contributed by atoms with Crippen LogP contribution in [0.2, 0.25) is 5.02 Å². The normalized spacial score (nSPS) is 15.2. The van der Waals surface area contributed by atoms with Crippen molar-refractivity contribution in [1.29, 1.82) is 5.26 Å². The topological polar surface area (TPSA) is 57.8 Å². The van der Waals surface area contributed by atoms with E-state index in [9.17, 15) is 0 Å². The van der Waals surface area contributed by atoms with Crippen LogP contribution < -0.4 is 0 Å². The summed E-state index contributed by atoms with van der Waals surface area (Å²) in [5.74, 6) is 0. The largest absolute Gasteiger partial charge is 0.375 e. The van der Waals surface area contributed by atoms with Crippen LogP contribution in [0.5, 0.6) is 0 Å². The van der Waals surface area contributed by atoms with E-state index < -0.39 is 5.60 Å². The van der Waals surface area contributed by atoms with Crippen molar-refractivity contribution in [3.8, 4) is 6.07 Å². The maximum absolute atomic E-state index is 8.92. The van der Waals surface area contributed by atoms with Gasteiger partial charge in [-0.15, -0.1) is 0 Å². The molecule has 1 fully saturated rings. The van der Waals surface area contributed by atoms with Gasteiger partial charge in [0.15, 0.2) is 0 Å². The van der Waals surface area contributed by atoms with Crippen molar-refractivity contribution >= 4 is 23.6 Å². The van der Waals surface area contributed by atoms with Gasteiger partial charge in [-0.25, -0.2) is 4.99 Å². The van der Waals surface area contributed by atoms with Gasteiger partial charge in [-0.3, -0.25) is 0 Å². The number of benzene rings is 2. The molecule has 6 heteroatoms. The Balaban J connectivity index is 1.80. The molecule has 1 saturated heterocycles. The molecule has 0 aliphatic carbocycles. The van der Waals surface area contributed by atoms with Gasteiger partial charge in [0, 0.05) is 13.6 Å². The first-order valence-corrected chi connectivity index (χ1v) is 9.61. The third-order valence-electron chi connectivity index (χ3n) is 4.95. The molecular formula is C22H24ClN3O2. The van der Waals surface area contributed by atoms with Gasteiger partial charge in [0.2, 0.25) is 0 Å². The van der Waals surface area contributed by atoms with E-state index in [4.69, 9.17) is 26.3 Å². The Hall–Kier alpha value is -2.39. The summed E-state index contributed by atoms with van der Waals surface area (Å²) >= 11 is 6.51. The lowest BCUT2D eigenvalue weighted by atomic mass is 9.88. The number of nitrogens with zero attached hydrogens (tertiary/aromatic N) is 3. The lowest BCUT2D eigenvalue weighted by Gasteiger charge is -2.42. The molecule has 2 aromatic rings. The minimum atomic E-state index is -0.510. The first-order chi connectivity index (χ1) is 13.5. The Morgan fingerprint density at radius 1 is 1.32 bits per heavy atom. The van der Waals surface area contributed by atoms with Crippen molar-refractivity contribution in [2.45, 2.75) is 26.1 Å². The molecule has 0 unspecified atom stereocenters. The summed E-state index contributed by atoms with van der Waals surface area (Å²) in [6.45, 7) is 6.39. The maximum Gasteiger partial charge on any atom is 0.140 e. The van der Waals surface area contributed by atoms with Crippen molar-refractivity contribution < 1.29 is 9.47 Å². The summed E-state index contributed by atoms with van der Waals surface area (Å²) in [5, 5.41) is 9.51. The number of aryl methyl sites for hydroxylation is 1. The maximum atomic E-state index is 8.92.